The fourth-order valence-electron chi connectivity index (χ4n) is 4.47. The Morgan fingerprint density at radius 2 is 1.85 bits per heavy atom. The quantitative estimate of drug-likeness (QED) is 0.586. The van der Waals surface area contributed by atoms with Crippen LogP contribution >= 0.6 is 0 Å². The van der Waals surface area contributed by atoms with Crippen LogP contribution in [-0.2, 0) is 6.42 Å². The van der Waals surface area contributed by atoms with Crippen LogP contribution in [0.2, 0.25) is 0 Å². The molecular weight excluding hydrogens is 414 g/mol. The van der Waals surface area contributed by atoms with Gasteiger partial charge in [-0.15, -0.1) is 0 Å². The predicted octanol–water partition coefficient (Wildman–Crippen LogP) is 5.44. The van der Waals surface area contributed by atoms with E-state index < -0.39 is 0 Å². The van der Waals surface area contributed by atoms with Crippen LogP contribution in [-0.4, -0.2) is 36.0 Å². The Kier molecular flexibility index (Phi) is 5.29. The number of amides is 2. The molecule has 0 aromatic heterocycles. The van der Waals surface area contributed by atoms with Crippen molar-refractivity contribution in [2.45, 2.75) is 31.8 Å². The second kappa shape index (κ2) is 8.28. The Labute approximate surface area is 193 Å². The SMILES string of the molecule is COc1ccc(C2=NN(C(=O)Nc3ccc4c(c3)CC(C)(C)O4)CC2c2ccccc2)cc1. The number of anilines is 1. The molecule has 3 aromatic rings. The molecule has 2 aliphatic rings. The average Bonchev–Trinajstić information content (AvgIpc) is 3.39. The molecule has 6 nitrogen and oxygen atoms in total. The number of ether oxygens (including phenoxy) is 2. The molecule has 5 rings (SSSR count). The maximum absolute atomic E-state index is 13.2. The molecule has 33 heavy (non-hydrogen) atoms. The smallest absolute Gasteiger partial charge is 0.342 e. The summed E-state index contributed by atoms with van der Waals surface area (Å²) in [5.74, 6) is 1.65. The van der Waals surface area contributed by atoms with Gasteiger partial charge in [-0.2, -0.15) is 5.10 Å². The summed E-state index contributed by atoms with van der Waals surface area (Å²) >= 11 is 0. The van der Waals surface area contributed by atoms with Crippen molar-refractivity contribution in [2.24, 2.45) is 5.10 Å². The fraction of sp³-hybridized carbons (Fsp3) is 0.259. The molecule has 2 heterocycles. The van der Waals surface area contributed by atoms with Crippen molar-refractivity contribution in [3.8, 4) is 11.5 Å². The molecule has 6 heteroatoms. The molecule has 0 aliphatic carbocycles. The number of carbonyl (C=O) groups is 1. The van der Waals surface area contributed by atoms with Crippen molar-refractivity contribution in [3.63, 3.8) is 0 Å². The second-order valence-corrected chi connectivity index (χ2v) is 9.05. The molecule has 0 bridgehead atoms. The summed E-state index contributed by atoms with van der Waals surface area (Å²) in [6.45, 7) is 4.60. The number of hydrogen-bond acceptors (Lipinski definition) is 4. The molecule has 0 fully saturated rings. The Balaban J connectivity index is 1.40. The lowest BCUT2D eigenvalue weighted by Crippen LogP contribution is -2.30. The topological polar surface area (TPSA) is 63.2 Å². The second-order valence-electron chi connectivity index (χ2n) is 9.05. The molecular formula is C27H27N3O3. The number of benzene rings is 3. The number of hydrogen-bond donors (Lipinski definition) is 1. The molecule has 168 valence electrons. The number of hydrazone groups is 1. The summed E-state index contributed by atoms with van der Waals surface area (Å²) < 4.78 is 11.2. The highest BCUT2D eigenvalue weighted by Crippen LogP contribution is 2.36. The zero-order chi connectivity index (χ0) is 23.0. The summed E-state index contributed by atoms with van der Waals surface area (Å²) in [5.41, 5.74) is 4.58. The monoisotopic (exact) mass is 441 g/mol. The van der Waals surface area contributed by atoms with E-state index in [1.165, 1.54) is 5.01 Å². The summed E-state index contributed by atoms with van der Waals surface area (Å²) in [4.78, 5) is 13.2. The van der Waals surface area contributed by atoms with Gasteiger partial charge in [-0.1, -0.05) is 30.3 Å². The Morgan fingerprint density at radius 1 is 1.09 bits per heavy atom. The van der Waals surface area contributed by atoms with E-state index in [2.05, 4.69) is 31.3 Å². The van der Waals surface area contributed by atoms with Gasteiger partial charge in [0.2, 0.25) is 0 Å². The first-order valence-electron chi connectivity index (χ1n) is 11.1. The maximum Gasteiger partial charge on any atom is 0.342 e. The van der Waals surface area contributed by atoms with Gasteiger partial charge in [-0.3, -0.25) is 0 Å². The molecule has 1 unspecified atom stereocenters. The number of urea groups is 1. The number of methoxy groups -OCH3 is 1. The molecule has 2 amide bonds. The summed E-state index contributed by atoms with van der Waals surface area (Å²) in [6, 6.07) is 23.5. The van der Waals surface area contributed by atoms with Crippen LogP contribution in [0.1, 0.15) is 36.5 Å². The van der Waals surface area contributed by atoms with Crippen molar-refractivity contribution < 1.29 is 14.3 Å². The lowest BCUT2D eigenvalue weighted by Gasteiger charge is -2.16. The minimum atomic E-state index is -0.252. The van der Waals surface area contributed by atoms with Gasteiger partial charge >= 0.3 is 6.03 Å². The van der Waals surface area contributed by atoms with Crippen molar-refractivity contribution in [2.75, 3.05) is 19.0 Å². The predicted molar refractivity (Wildman–Crippen MR) is 129 cm³/mol. The van der Waals surface area contributed by atoms with Crippen LogP contribution in [0.5, 0.6) is 11.5 Å². The number of nitrogens with one attached hydrogen (secondary N) is 1. The lowest BCUT2D eigenvalue weighted by molar-refractivity contribution is 0.138. The number of fused-ring (bicyclic) bond motifs is 1. The van der Waals surface area contributed by atoms with E-state index in [-0.39, 0.29) is 17.6 Å². The van der Waals surface area contributed by atoms with Gasteiger partial charge in [0.05, 0.1) is 19.4 Å². The molecule has 1 atom stereocenters. The van der Waals surface area contributed by atoms with E-state index in [9.17, 15) is 4.79 Å². The first-order valence-corrected chi connectivity index (χ1v) is 11.1. The van der Waals surface area contributed by atoms with Crippen LogP contribution in [0, 0.1) is 0 Å². The van der Waals surface area contributed by atoms with Gasteiger partial charge < -0.3 is 14.8 Å². The first-order chi connectivity index (χ1) is 15.9. The minimum Gasteiger partial charge on any atom is -0.497 e. The van der Waals surface area contributed by atoms with Crippen LogP contribution in [0.15, 0.2) is 77.9 Å². The normalized spacial score (nSPS) is 18.3. The highest BCUT2D eigenvalue weighted by atomic mass is 16.5. The molecule has 3 aromatic carbocycles. The summed E-state index contributed by atoms with van der Waals surface area (Å²) in [7, 11) is 1.65. The van der Waals surface area contributed by atoms with E-state index in [4.69, 9.17) is 14.6 Å². The standard InChI is InChI=1S/C27H27N3O3/c1-27(2)16-20-15-21(11-14-24(20)33-27)28-26(31)30-17-23(18-7-5-4-6-8-18)25(29-30)19-9-12-22(32-3)13-10-19/h4-15,23H,16-17H2,1-3H3,(H,28,31). The van der Waals surface area contributed by atoms with Crippen molar-refractivity contribution in [1.29, 1.82) is 0 Å². The van der Waals surface area contributed by atoms with E-state index in [0.29, 0.717) is 6.54 Å². The molecule has 2 aliphatic heterocycles. The number of nitrogens with zero attached hydrogens (tertiary/aromatic N) is 2. The van der Waals surface area contributed by atoms with Gasteiger partial charge in [-0.25, -0.2) is 9.80 Å². The molecule has 0 saturated carbocycles. The van der Waals surface area contributed by atoms with Crippen molar-refractivity contribution in [1.82, 2.24) is 5.01 Å². The fourth-order valence-corrected chi connectivity index (χ4v) is 4.47. The first kappa shape index (κ1) is 21.1. The zero-order valence-corrected chi connectivity index (χ0v) is 19.0. The Bertz CT molecular complexity index is 1200. The molecule has 0 saturated heterocycles. The van der Waals surface area contributed by atoms with E-state index in [0.717, 1.165) is 46.0 Å². The van der Waals surface area contributed by atoms with Crippen LogP contribution in [0.25, 0.3) is 0 Å². The van der Waals surface area contributed by atoms with Crippen LogP contribution in [0.4, 0.5) is 10.5 Å². The maximum atomic E-state index is 13.2. The lowest BCUT2D eigenvalue weighted by atomic mass is 9.90. The van der Waals surface area contributed by atoms with Crippen molar-refractivity contribution >= 4 is 17.4 Å². The van der Waals surface area contributed by atoms with Crippen LogP contribution < -0.4 is 14.8 Å². The van der Waals surface area contributed by atoms with Gasteiger partial charge in [0, 0.05) is 23.6 Å². The number of carbonyl (C=O) groups excluding carboxylic acids is 1. The van der Waals surface area contributed by atoms with Gasteiger partial charge in [0.15, 0.2) is 0 Å². The molecule has 0 radical (unpaired) electrons. The molecule has 1 N–H and O–H groups in total. The Hall–Kier alpha value is -3.80. The van der Waals surface area contributed by atoms with Gasteiger partial charge in [0.25, 0.3) is 0 Å². The average molecular weight is 442 g/mol. The summed E-state index contributed by atoms with van der Waals surface area (Å²) in [5, 5.41) is 9.26. The third kappa shape index (κ3) is 4.29. The Morgan fingerprint density at radius 3 is 2.58 bits per heavy atom. The third-order valence-corrected chi connectivity index (χ3v) is 6.05. The minimum absolute atomic E-state index is 0.0143. The summed E-state index contributed by atoms with van der Waals surface area (Å²) in [6.07, 6.45) is 0.811. The third-order valence-electron chi connectivity index (χ3n) is 6.05. The molecule has 0 spiro atoms. The number of rotatable bonds is 4. The van der Waals surface area contributed by atoms with E-state index >= 15 is 0 Å². The van der Waals surface area contributed by atoms with Gasteiger partial charge in [0.1, 0.15) is 17.1 Å². The highest BCUT2D eigenvalue weighted by Gasteiger charge is 2.33. The van der Waals surface area contributed by atoms with Crippen molar-refractivity contribution in [3.05, 3.63) is 89.5 Å². The van der Waals surface area contributed by atoms with E-state index in [1.807, 2.05) is 60.7 Å². The zero-order valence-electron chi connectivity index (χ0n) is 19.0. The highest BCUT2D eigenvalue weighted by molar-refractivity contribution is 6.08. The largest absolute Gasteiger partial charge is 0.497 e. The van der Waals surface area contributed by atoms with Gasteiger partial charge in [-0.05, 0) is 67.4 Å². The van der Waals surface area contributed by atoms with E-state index in [1.54, 1.807) is 7.11 Å². The van der Waals surface area contributed by atoms with Crippen LogP contribution in [0.3, 0.4) is 0 Å².